The van der Waals surface area contributed by atoms with Gasteiger partial charge in [0.05, 0.1) is 12.0 Å². The lowest BCUT2D eigenvalue weighted by atomic mass is 10.0. The SMILES string of the molecule is CCCCCNS(=O)(=O)c1ccc(OC)c(C(C)C)c1. The van der Waals surface area contributed by atoms with Crippen molar-refractivity contribution in [3.8, 4) is 5.75 Å². The van der Waals surface area contributed by atoms with E-state index in [1.807, 2.05) is 13.8 Å². The third-order valence-corrected chi connectivity index (χ3v) is 4.66. The molecular weight excluding hydrogens is 274 g/mol. The molecule has 1 rings (SSSR count). The first kappa shape index (κ1) is 17.0. The van der Waals surface area contributed by atoms with Crippen LogP contribution in [0.3, 0.4) is 0 Å². The van der Waals surface area contributed by atoms with E-state index in [0.29, 0.717) is 11.4 Å². The molecule has 0 saturated heterocycles. The number of hydrogen-bond acceptors (Lipinski definition) is 3. The summed E-state index contributed by atoms with van der Waals surface area (Å²) in [6.07, 6.45) is 2.97. The van der Waals surface area contributed by atoms with Gasteiger partial charge in [-0.3, -0.25) is 0 Å². The predicted octanol–water partition coefficient (Wildman–Crippen LogP) is 3.29. The van der Waals surface area contributed by atoms with Gasteiger partial charge >= 0.3 is 0 Å². The molecule has 0 aliphatic rings. The molecule has 4 nitrogen and oxygen atoms in total. The maximum atomic E-state index is 12.2. The van der Waals surface area contributed by atoms with Gasteiger partial charge in [0.25, 0.3) is 0 Å². The van der Waals surface area contributed by atoms with Crippen LogP contribution in [0.15, 0.2) is 23.1 Å². The Hall–Kier alpha value is -1.07. The van der Waals surface area contributed by atoms with Crippen molar-refractivity contribution in [2.75, 3.05) is 13.7 Å². The van der Waals surface area contributed by atoms with Crippen molar-refractivity contribution in [1.29, 1.82) is 0 Å². The average molecular weight is 299 g/mol. The van der Waals surface area contributed by atoms with E-state index in [2.05, 4.69) is 11.6 Å². The summed E-state index contributed by atoms with van der Waals surface area (Å²) >= 11 is 0. The molecule has 0 atom stereocenters. The van der Waals surface area contributed by atoms with Crippen molar-refractivity contribution >= 4 is 10.0 Å². The van der Waals surface area contributed by atoms with E-state index >= 15 is 0 Å². The Balaban J connectivity index is 2.92. The highest BCUT2D eigenvalue weighted by atomic mass is 32.2. The number of unbranched alkanes of at least 4 members (excludes halogenated alkanes) is 2. The molecule has 0 aliphatic heterocycles. The first-order chi connectivity index (χ1) is 9.42. The van der Waals surface area contributed by atoms with Crippen LogP contribution in [-0.2, 0) is 10.0 Å². The molecule has 5 heteroatoms. The summed E-state index contributed by atoms with van der Waals surface area (Å²) in [6.45, 7) is 6.61. The van der Waals surface area contributed by atoms with Crippen LogP contribution < -0.4 is 9.46 Å². The molecule has 1 aromatic rings. The third kappa shape index (κ3) is 4.49. The Bertz CT molecular complexity index is 524. The standard InChI is InChI=1S/C15H25NO3S/c1-5-6-7-10-16-20(17,18)13-8-9-15(19-4)14(11-13)12(2)3/h8-9,11-12,16H,5-7,10H2,1-4H3. The minimum atomic E-state index is -3.43. The molecule has 0 heterocycles. The van der Waals surface area contributed by atoms with Crippen molar-refractivity contribution < 1.29 is 13.2 Å². The van der Waals surface area contributed by atoms with Gasteiger partial charge in [-0.15, -0.1) is 0 Å². The van der Waals surface area contributed by atoms with Gasteiger partial charge in [0.2, 0.25) is 10.0 Å². The molecule has 1 aromatic carbocycles. The zero-order valence-electron chi connectivity index (χ0n) is 12.8. The number of benzene rings is 1. The van der Waals surface area contributed by atoms with E-state index in [0.717, 1.165) is 30.6 Å². The van der Waals surface area contributed by atoms with Crippen LogP contribution in [0.25, 0.3) is 0 Å². The fourth-order valence-electron chi connectivity index (χ4n) is 2.00. The summed E-state index contributed by atoms with van der Waals surface area (Å²) in [6, 6.07) is 5.01. The highest BCUT2D eigenvalue weighted by Gasteiger charge is 2.17. The molecule has 20 heavy (non-hydrogen) atoms. The van der Waals surface area contributed by atoms with Crippen LogP contribution in [0.1, 0.15) is 51.5 Å². The van der Waals surface area contributed by atoms with Crippen LogP contribution >= 0.6 is 0 Å². The summed E-state index contributed by atoms with van der Waals surface area (Å²) in [7, 11) is -1.83. The molecule has 0 aromatic heterocycles. The van der Waals surface area contributed by atoms with Gasteiger partial charge in [-0.05, 0) is 36.1 Å². The number of hydrogen-bond donors (Lipinski definition) is 1. The van der Waals surface area contributed by atoms with E-state index in [4.69, 9.17) is 4.74 Å². The Morgan fingerprint density at radius 3 is 2.50 bits per heavy atom. The van der Waals surface area contributed by atoms with E-state index in [-0.39, 0.29) is 5.92 Å². The van der Waals surface area contributed by atoms with Crippen LogP contribution in [-0.4, -0.2) is 22.1 Å². The molecule has 0 amide bonds. The van der Waals surface area contributed by atoms with Crippen LogP contribution in [0.5, 0.6) is 5.75 Å². The van der Waals surface area contributed by atoms with Gasteiger partial charge in [0, 0.05) is 6.54 Å². The van der Waals surface area contributed by atoms with Gasteiger partial charge in [-0.2, -0.15) is 0 Å². The number of nitrogens with one attached hydrogen (secondary N) is 1. The maximum absolute atomic E-state index is 12.2. The van der Waals surface area contributed by atoms with Crippen LogP contribution in [0.2, 0.25) is 0 Å². The molecular formula is C15H25NO3S. The molecule has 114 valence electrons. The van der Waals surface area contributed by atoms with E-state index in [1.165, 1.54) is 0 Å². The second-order valence-corrected chi connectivity index (χ2v) is 6.93. The molecule has 0 spiro atoms. The van der Waals surface area contributed by atoms with Crippen LogP contribution in [0, 0.1) is 0 Å². The second kappa shape index (κ2) is 7.64. The quantitative estimate of drug-likeness (QED) is 0.749. The minimum absolute atomic E-state index is 0.209. The van der Waals surface area contributed by atoms with E-state index in [1.54, 1.807) is 25.3 Å². The largest absolute Gasteiger partial charge is 0.496 e. The third-order valence-electron chi connectivity index (χ3n) is 3.21. The van der Waals surface area contributed by atoms with Crippen molar-refractivity contribution in [3.05, 3.63) is 23.8 Å². The highest BCUT2D eigenvalue weighted by Crippen LogP contribution is 2.28. The van der Waals surface area contributed by atoms with Crippen molar-refractivity contribution in [2.45, 2.75) is 50.8 Å². The maximum Gasteiger partial charge on any atom is 0.240 e. The Labute approximate surface area is 122 Å². The Morgan fingerprint density at radius 2 is 1.95 bits per heavy atom. The Kier molecular flexibility index (Phi) is 6.49. The first-order valence-corrected chi connectivity index (χ1v) is 8.58. The highest BCUT2D eigenvalue weighted by molar-refractivity contribution is 7.89. The predicted molar refractivity (Wildman–Crippen MR) is 81.8 cm³/mol. The molecule has 0 saturated carbocycles. The van der Waals surface area contributed by atoms with Crippen molar-refractivity contribution in [1.82, 2.24) is 4.72 Å². The van der Waals surface area contributed by atoms with Crippen molar-refractivity contribution in [2.24, 2.45) is 0 Å². The van der Waals surface area contributed by atoms with Crippen LogP contribution in [0.4, 0.5) is 0 Å². The van der Waals surface area contributed by atoms with Gasteiger partial charge in [-0.1, -0.05) is 33.6 Å². The molecule has 0 bridgehead atoms. The lowest BCUT2D eigenvalue weighted by Gasteiger charge is -2.14. The van der Waals surface area contributed by atoms with Gasteiger partial charge < -0.3 is 4.74 Å². The lowest BCUT2D eigenvalue weighted by Crippen LogP contribution is -2.25. The lowest BCUT2D eigenvalue weighted by molar-refractivity contribution is 0.407. The first-order valence-electron chi connectivity index (χ1n) is 7.10. The van der Waals surface area contributed by atoms with Gasteiger partial charge in [-0.25, -0.2) is 13.1 Å². The number of ether oxygens (including phenoxy) is 1. The van der Waals surface area contributed by atoms with E-state index < -0.39 is 10.0 Å². The monoisotopic (exact) mass is 299 g/mol. The fraction of sp³-hybridized carbons (Fsp3) is 0.600. The normalized spacial score (nSPS) is 11.8. The Morgan fingerprint density at radius 1 is 1.25 bits per heavy atom. The molecule has 0 aliphatic carbocycles. The fourth-order valence-corrected chi connectivity index (χ4v) is 3.10. The number of sulfonamides is 1. The van der Waals surface area contributed by atoms with Gasteiger partial charge in [0.15, 0.2) is 0 Å². The smallest absolute Gasteiger partial charge is 0.240 e. The molecule has 0 fully saturated rings. The molecule has 0 unspecified atom stereocenters. The van der Waals surface area contributed by atoms with E-state index in [9.17, 15) is 8.42 Å². The zero-order chi connectivity index (χ0) is 15.2. The molecule has 1 N–H and O–H groups in total. The second-order valence-electron chi connectivity index (χ2n) is 5.16. The van der Waals surface area contributed by atoms with Crippen molar-refractivity contribution in [3.63, 3.8) is 0 Å². The zero-order valence-corrected chi connectivity index (χ0v) is 13.6. The topological polar surface area (TPSA) is 55.4 Å². The summed E-state index contributed by atoms with van der Waals surface area (Å²) in [5.74, 6) is 0.935. The number of methoxy groups -OCH3 is 1. The summed E-state index contributed by atoms with van der Waals surface area (Å²) in [4.78, 5) is 0.304. The number of rotatable bonds is 8. The summed E-state index contributed by atoms with van der Waals surface area (Å²) in [5, 5.41) is 0. The minimum Gasteiger partial charge on any atom is -0.496 e. The molecule has 0 radical (unpaired) electrons. The summed E-state index contributed by atoms with van der Waals surface area (Å²) in [5.41, 5.74) is 0.906. The van der Waals surface area contributed by atoms with Gasteiger partial charge in [0.1, 0.15) is 5.75 Å². The average Bonchev–Trinajstić information content (AvgIpc) is 2.42. The summed E-state index contributed by atoms with van der Waals surface area (Å²) < 4.78 is 32.4.